The number of nitrogens with one attached hydrogen (secondary N) is 2. The second-order valence-corrected chi connectivity index (χ2v) is 3.39. The van der Waals surface area contributed by atoms with Crippen LogP contribution in [-0.4, -0.2) is 29.3 Å². The second-order valence-electron chi connectivity index (χ2n) is 3.39. The first-order valence-corrected chi connectivity index (χ1v) is 5.25. The summed E-state index contributed by atoms with van der Waals surface area (Å²) in [5.41, 5.74) is 1.27. The largest absolute Gasteiger partial charge is 0.465 e. The number of rotatable bonds is 6. The van der Waals surface area contributed by atoms with Crippen LogP contribution in [0, 0.1) is 11.3 Å². The zero-order chi connectivity index (χ0) is 12.5. The van der Waals surface area contributed by atoms with Crippen molar-refractivity contribution in [2.75, 3.05) is 13.1 Å². The van der Waals surface area contributed by atoms with Gasteiger partial charge in [0.25, 0.3) is 0 Å². The minimum absolute atomic E-state index is 0.417. The molecule has 17 heavy (non-hydrogen) atoms. The summed E-state index contributed by atoms with van der Waals surface area (Å²) in [6.07, 6.45) is 1.27. The highest BCUT2D eigenvalue weighted by molar-refractivity contribution is 5.64. The van der Waals surface area contributed by atoms with Gasteiger partial charge in [-0.2, -0.15) is 5.26 Å². The van der Waals surface area contributed by atoms with Crippen LogP contribution in [0.2, 0.25) is 0 Å². The average molecular weight is 234 g/mol. The monoisotopic (exact) mass is 234 g/mol. The summed E-state index contributed by atoms with van der Waals surface area (Å²) < 4.78 is 0. The molecule has 0 saturated heterocycles. The zero-order valence-corrected chi connectivity index (χ0v) is 9.31. The number of pyridine rings is 1. The first-order valence-electron chi connectivity index (χ1n) is 5.25. The molecule has 1 amide bonds. The van der Waals surface area contributed by atoms with Crippen LogP contribution < -0.4 is 10.6 Å². The lowest BCUT2D eigenvalue weighted by Crippen LogP contribution is -2.25. The molecule has 0 aliphatic heterocycles. The van der Waals surface area contributed by atoms with Crippen molar-refractivity contribution in [1.29, 1.82) is 5.26 Å². The topological polar surface area (TPSA) is 98.0 Å². The molecule has 1 aromatic heterocycles. The number of carbonyl (C=O) groups is 1. The van der Waals surface area contributed by atoms with Gasteiger partial charge in [0.05, 0.1) is 0 Å². The van der Waals surface area contributed by atoms with Crippen LogP contribution in [0.15, 0.2) is 18.3 Å². The van der Waals surface area contributed by atoms with Crippen molar-refractivity contribution in [3.63, 3.8) is 0 Å². The molecular formula is C11H14N4O2. The highest BCUT2D eigenvalue weighted by Crippen LogP contribution is 2.02. The maximum atomic E-state index is 10.2. The number of nitriles is 1. The summed E-state index contributed by atoms with van der Waals surface area (Å²) >= 11 is 0. The molecule has 0 saturated carbocycles. The van der Waals surface area contributed by atoms with Crippen molar-refractivity contribution >= 4 is 6.09 Å². The smallest absolute Gasteiger partial charge is 0.404 e. The highest BCUT2D eigenvalue weighted by Gasteiger charge is 2.01. The number of carboxylic acid groups (broad SMARTS) is 1. The standard InChI is InChI=1S/C11H14N4O2/c12-7-10-9(3-1-5-14-10)8-13-4-2-6-15-11(16)17/h1,3,5,13,15H,2,4,6,8H2,(H,16,17). The Morgan fingerprint density at radius 2 is 2.35 bits per heavy atom. The van der Waals surface area contributed by atoms with Gasteiger partial charge in [0, 0.05) is 24.8 Å². The summed E-state index contributed by atoms with van der Waals surface area (Å²) in [7, 11) is 0. The predicted molar refractivity (Wildman–Crippen MR) is 61.3 cm³/mol. The molecule has 6 heteroatoms. The van der Waals surface area contributed by atoms with Gasteiger partial charge >= 0.3 is 6.09 Å². The molecule has 0 aliphatic carbocycles. The Labute approximate surface area is 99.3 Å². The molecule has 0 unspecified atom stereocenters. The van der Waals surface area contributed by atoms with Gasteiger partial charge < -0.3 is 15.7 Å². The first kappa shape index (κ1) is 12.9. The van der Waals surface area contributed by atoms with Crippen molar-refractivity contribution in [1.82, 2.24) is 15.6 Å². The van der Waals surface area contributed by atoms with E-state index in [0.717, 1.165) is 5.56 Å². The highest BCUT2D eigenvalue weighted by atomic mass is 16.4. The normalized spacial score (nSPS) is 9.59. The van der Waals surface area contributed by atoms with Gasteiger partial charge in [-0.25, -0.2) is 9.78 Å². The van der Waals surface area contributed by atoms with Crippen LogP contribution in [0.5, 0.6) is 0 Å². The molecule has 3 N–H and O–H groups in total. The maximum absolute atomic E-state index is 10.2. The SMILES string of the molecule is N#Cc1ncccc1CNCCCNC(=O)O. The summed E-state index contributed by atoms with van der Waals surface area (Å²) in [4.78, 5) is 14.1. The van der Waals surface area contributed by atoms with Gasteiger partial charge in [0.15, 0.2) is 0 Å². The third-order valence-corrected chi connectivity index (χ3v) is 2.12. The van der Waals surface area contributed by atoms with Gasteiger partial charge in [-0.3, -0.25) is 0 Å². The van der Waals surface area contributed by atoms with Gasteiger partial charge in [-0.15, -0.1) is 0 Å². The molecule has 0 fully saturated rings. The third-order valence-electron chi connectivity index (χ3n) is 2.12. The van der Waals surface area contributed by atoms with Crippen LogP contribution in [0.4, 0.5) is 4.79 Å². The van der Waals surface area contributed by atoms with E-state index in [1.807, 2.05) is 12.1 Å². The van der Waals surface area contributed by atoms with Crippen molar-refractivity contribution in [2.45, 2.75) is 13.0 Å². The predicted octanol–water partition coefficient (Wildman–Crippen LogP) is 0.701. The molecule has 0 atom stereocenters. The minimum Gasteiger partial charge on any atom is -0.465 e. The Kier molecular flexibility index (Phi) is 5.47. The van der Waals surface area contributed by atoms with Crippen LogP contribution in [0.1, 0.15) is 17.7 Å². The van der Waals surface area contributed by atoms with Crippen LogP contribution in [0.25, 0.3) is 0 Å². The Morgan fingerprint density at radius 3 is 3.06 bits per heavy atom. The quantitative estimate of drug-likeness (QED) is 0.629. The third kappa shape index (κ3) is 4.95. The Balaban J connectivity index is 2.22. The Bertz CT molecular complexity index is 414. The first-order chi connectivity index (χ1) is 8.24. The fourth-order valence-electron chi connectivity index (χ4n) is 1.31. The molecule has 90 valence electrons. The lowest BCUT2D eigenvalue weighted by atomic mass is 10.2. The van der Waals surface area contributed by atoms with Crippen molar-refractivity contribution < 1.29 is 9.90 Å². The van der Waals surface area contributed by atoms with Gasteiger partial charge in [-0.1, -0.05) is 6.07 Å². The van der Waals surface area contributed by atoms with Gasteiger partial charge in [0.2, 0.25) is 0 Å². The molecule has 0 spiro atoms. The van der Waals surface area contributed by atoms with E-state index in [0.29, 0.717) is 31.7 Å². The minimum atomic E-state index is -1.01. The van der Waals surface area contributed by atoms with Crippen LogP contribution in [0.3, 0.4) is 0 Å². The maximum Gasteiger partial charge on any atom is 0.404 e. The van der Waals surface area contributed by atoms with Crippen LogP contribution in [-0.2, 0) is 6.54 Å². The van der Waals surface area contributed by atoms with E-state index >= 15 is 0 Å². The molecule has 0 aliphatic rings. The lowest BCUT2D eigenvalue weighted by molar-refractivity contribution is 0.194. The van der Waals surface area contributed by atoms with Crippen LogP contribution >= 0.6 is 0 Å². The van der Waals surface area contributed by atoms with Crippen molar-refractivity contribution in [3.8, 4) is 6.07 Å². The number of nitrogens with zero attached hydrogens (tertiary/aromatic N) is 2. The second kappa shape index (κ2) is 7.19. The fourth-order valence-corrected chi connectivity index (χ4v) is 1.31. The molecule has 0 bridgehead atoms. The molecule has 1 rings (SSSR count). The summed E-state index contributed by atoms with van der Waals surface area (Å²) in [5, 5.41) is 22.5. The van der Waals surface area contributed by atoms with Crippen molar-refractivity contribution in [3.05, 3.63) is 29.6 Å². The lowest BCUT2D eigenvalue weighted by Gasteiger charge is -2.05. The average Bonchev–Trinajstić information content (AvgIpc) is 2.33. The number of hydrogen-bond donors (Lipinski definition) is 3. The van der Waals surface area contributed by atoms with E-state index in [9.17, 15) is 4.79 Å². The molecule has 0 radical (unpaired) electrons. The molecule has 1 aromatic rings. The van der Waals surface area contributed by atoms with E-state index in [-0.39, 0.29) is 0 Å². The van der Waals surface area contributed by atoms with Gasteiger partial charge in [-0.05, 0) is 19.0 Å². The number of amides is 1. The summed E-state index contributed by atoms with van der Waals surface area (Å²) in [6, 6.07) is 5.64. The Hall–Kier alpha value is -2.13. The molecule has 1 heterocycles. The summed E-state index contributed by atoms with van der Waals surface area (Å²) in [5.74, 6) is 0. The van der Waals surface area contributed by atoms with E-state index < -0.39 is 6.09 Å². The van der Waals surface area contributed by atoms with Gasteiger partial charge in [0.1, 0.15) is 11.8 Å². The molecular weight excluding hydrogens is 220 g/mol. The van der Waals surface area contributed by atoms with E-state index in [4.69, 9.17) is 10.4 Å². The molecule has 0 aromatic carbocycles. The van der Waals surface area contributed by atoms with E-state index in [1.165, 1.54) is 0 Å². The summed E-state index contributed by atoms with van der Waals surface area (Å²) in [6.45, 7) is 1.66. The van der Waals surface area contributed by atoms with E-state index in [1.54, 1.807) is 12.3 Å². The van der Waals surface area contributed by atoms with E-state index in [2.05, 4.69) is 15.6 Å². The molecule has 6 nitrogen and oxygen atoms in total. The Morgan fingerprint density at radius 1 is 1.53 bits per heavy atom. The number of hydrogen-bond acceptors (Lipinski definition) is 4. The fraction of sp³-hybridized carbons (Fsp3) is 0.364. The number of aromatic nitrogens is 1. The zero-order valence-electron chi connectivity index (χ0n) is 9.31. The van der Waals surface area contributed by atoms with Crippen molar-refractivity contribution in [2.24, 2.45) is 0 Å².